The highest BCUT2D eigenvalue weighted by atomic mass is 15.2. The summed E-state index contributed by atoms with van der Waals surface area (Å²) in [7, 11) is 0. The molecule has 2 aliphatic heterocycles. The molecule has 0 amide bonds. The zero-order chi connectivity index (χ0) is 7.03. The van der Waals surface area contributed by atoms with Gasteiger partial charge in [-0.05, 0) is 25.6 Å². The van der Waals surface area contributed by atoms with E-state index in [1.807, 2.05) is 6.20 Å². The summed E-state index contributed by atoms with van der Waals surface area (Å²) in [6.45, 7) is 7.35. The van der Waals surface area contributed by atoms with E-state index in [1.54, 1.807) is 0 Å². The maximum Gasteiger partial charge on any atom is 0.0386 e. The third kappa shape index (κ3) is 0.754. The van der Waals surface area contributed by atoms with Crippen molar-refractivity contribution in [2.75, 3.05) is 19.6 Å². The molecule has 2 nitrogen and oxygen atoms in total. The van der Waals surface area contributed by atoms with Crippen LogP contribution in [0.25, 0.3) is 0 Å². The summed E-state index contributed by atoms with van der Waals surface area (Å²) in [5.41, 5.74) is 0.494. The first-order valence-electron chi connectivity index (χ1n) is 3.96. The molecule has 0 bridgehead atoms. The van der Waals surface area contributed by atoms with Crippen molar-refractivity contribution in [3.8, 4) is 0 Å². The van der Waals surface area contributed by atoms with E-state index in [1.165, 1.54) is 32.5 Å². The summed E-state index contributed by atoms with van der Waals surface area (Å²) in [6.07, 6.45) is 4.62. The van der Waals surface area contributed by atoms with Gasteiger partial charge < -0.3 is 10.2 Å². The van der Waals surface area contributed by atoms with Crippen LogP contribution in [0.4, 0.5) is 0 Å². The molecule has 2 aliphatic rings. The van der Waals surface area contributed by atoms with Crippen LogP contribution in [0.15, 0.2) is 12.8 Å². The number of rotatable bonds is 1. The van der Waals surface area contributed by atoms with Gasteiger partial charge in [-0.1, -0.05) is 6.58 Å². The van der Waals surface area contributed by atoms with Crippen molar-refractivity contribution in [3.63, 3.8) is 0 Å². The molecule has 1 N–H and O–H groups in total. The highest BCUT2D eigenvalue weighted by molar-refractivity contribution is 5.05. The average Bonchev–Trinajstić information content (AvgIpc) is 2.29. The molecule has 2 saturated heterocycles. The van der Waals surface area contributed by atoms with Crippen molar-refractivity contribution in [1.29, 1.82) is 0 Å². The maximum atomic E-state index is 3.76. The Labute approximate surface area is 61.9 Å². The number of hydrogen-bond donors (Lipinski definition) is 1. The van der Waals surface area contributed by atoms with Crippen LogP contribution in [0.1, 0.15) is 12.8 Å². The Balaban J connectivity index is 1.98. The Morgan fingerprint density at radius 2 is 2.30 bits per heavy atom. The first-order chi connectivity index (χ1) is 4.85. The molecule has 0 aromatic carbocycles. The maximum absolute atomic E-state index is 3.76. The molecule has 2 rings (SSSR count). The van der Waals surface area contributed by atoms with Crippen LogP contribution in [0, 0.1) is 0 Å². The van der Waals surface area contributed by atoms with E-state index < -0.39 is 0 Å². The zero-order valence-corrected chi connectivity index (χ0v) is 6.27. The second-order valence-corrected chi connectivity index (χ2v) is 3.36. The second kappa shape index (κ2) is 1.99. The van der Waals surface area contributed by atoms with E-state index in [9.17, 15) is 0 Å². The van der Waals surface area contributed by atoms with Crippen LogP contribution in [0.2, 0.25) is 0 Å². The van der Waals surface area contributed by atoms with Crippen molar-refractivity contribution in [3.05, 3.63) is 12.8 Å². The van der Waals surface area contributed by atoms with Crippen molar-refractivity contribution >= 4 is 0 Å². The molecular weight excluding hydrogens is 124 g/mol. The van der Waals surface area contributed by atoms with Gasteiger partial charge in [0, 0.05) is 18.6 Å². The van der Waals surface area contributed by atoms with Gasteiger partial charge in [0.25, 0.3) is 0 Å². The second-order valence-electron chi connectivity index (χ2n) is 3.36. The number of likely N-dealkylation sites (tertiary alicyclic amines) is 1. The van der Waals surface area contributed by atoms with Gasteiger partial charge in [0.15, 0.2) is 0 Å². The molecule has 0 saturated carbocycles. The van der Waals surface area contributed by atoms with Crippen LogP contribution < -0.4 is 5.32 Å². The van der Waals surface area contributed by atoms with E-state index in [0.717, 1.165) is 0 Å². The van der Waals surface area contributed by atoms with Gasteiger partial charge in [0.05, 0.1) is 0 Å². The molecule has 0 aromatic heterocycles. The Morgan fingerprint density at radius 3 is 2.60 bits per heavy atom. The SMILES string of the molecule is C=CN1CCC2(CCN2)C1. The Hall–Kier alpha value is -0.500. The normalized spacial score (nSPS) is 38.2. The molecular formula is C8H14N2. The Bertz CT molecular complexity index is 149. The molecule has 1 atom stereocenters. The van der Waals surface area contributed by atoms with Crippen LogP contribution >= 0.6 is 0 Å². The lowest BCUT2D eigenvalue weighted by Crippen LogP contribution is -2.58. The number of nitrogens with one attached hydrogen (secondary N) is 1. The van der Waals surface area contributed by atoms with Crippen LogP contribution in [-0.4, -0.2) is 30.1 Å². The minimum atomic E-state index is 0.494. The predicted molar refractivity (Wildman–Crippen MR) is 41.7 cm³/mol. The standard InChI is InChI=1S/C8H14N2/c1-2-10-6-4-8(7-10)3-5-9-8/h2,9H,1,3-7H2. The van der Waals surface area contributed by atoms with Crippen molar-refractivity contribution < 1.29 is 0 Å². The first kappa shape index (κ1) is 6.23. The molecule has 2 fully saturated rings. The molecule has 0 aliphatic carbocycles. The minimum Gasteiger partial charge on any atom is -0.376 e. The summed E-state index contributed by atoms with van der Waals surface area (Å²) in [4.78, 5) is 2.30. The van der Waals surface area contributed by atoms with Gasteiger partial charge in [-0.25, -0.2) is 0 Å². The third-order valence-electron chi connectivity index (χ3n) is 2.75. The molecule has 0 radical (unpaired) electrons. The monoisotopic (exact) mass is 138 g/mol. The minimum absolute atomic E-state index is 0.494. The van der Waals surface area contributed by atoms with E-state index in [-0.39, 0.29) is 0 Å². The summed E-state index contributed by atoms with van der Waals surface area (Å²) >= 11 is 0. The molecule has 0 aromatic rings. The fourth-order valence-corrected chi connectivity index (χ4v) is 1.89. The highest BCUT2D eigenvalue weighted by Gasteiger charge is 2.41. The van der Waals surface area contributed by atoms with E-state index in [0.29, 0.717) is 5.54 Å². The zero-order valence-electron chi connectivity index (χ0n) is 6.27. The van der Waals surface area contributed by atoms with Crippen LogP contribution in [-0.2, 0) is 0 Å². The van der Waals surface area contributed by atoms with E-state index in [2.05, 4.69) is 16.8 Å². The number of nitrogens with zero attached hydrogens (tertiary/aromatic N) is 1. The lowest BCUT2D eigenvalue weighted by Gasteiger charge is -2.39. The van der Waals surface area contributed by atoms with Crippen LogP contribution in [0.5, 0.6) is 0 Å². The van der Waals surface area contributed by atoms with E-state index in [4.69, 9.17) is 0 Å². The lowest BCUT2D eigenvalue weighted by atomic mass is 9.87. The fourth-order valence-electron chi connectivity index (χ4n) is 1.89. The van der Waals surface area contributed by atoms with Crippen molar-refractivity contribution in [2.45, 2.75) is 18.4 Å². The summed E-state index contributed by atoms with van der Waals surface area (Å²) in [5.74, 6) is 0. The Kier molecular flexibility index (Phi) is 1.24. The highest BCUT2D eigenvalue weighted by Crippen LogP contribution is 2.29. The summed E-state index contributed by atoms with van der Waals surface area (Å²) in [5, 5.41) is 3.50. The third-order valence-corrected chi connectivity index (χ3v) is 2.75. The van der Waals surface area contributed by atoms with Gasteiger partial charge in [-0.15, -0.1) is 0 Å². The fraction of sp³-hybridized carbons (Fsp3) is 0.750. The van der Waals surface area contributed by atoms with Crippen molar-refractivity contribution in [1.82, 2.24) is 10.2 Å². The van der Waals surface area contributed by atoms with Gasteiger partial charge in [-0.3, -0.25) is 0 Å². The van der Waals surface area contributed by atoms with E-state index >= 15 is 0 Å². The number of hydrogen-bond acceptors (Lipinski definition) is 2. The predicted octanol–water partition coefficient (Wildman–Crippen LogP) is 0.568. The molecule has 1 spiro atoms. The largest absolute Gasteiger partial charge is 0.376 e. The molecule has 56 valence electrons. The van der Waals surface area contributed by atoms with Gasteiger partial charge in [-0.2, -0.15) is 0 Å². The lowest BCUT2D eigenvalue weighted by molar-refractivity contribution is 0.217. The summed E-state index contributed by atoms with van der Waals surface area (Å²) < 4.78 is 0. The first-order valence-corrected chi connectivity index (χ1v) is 3.96. The molecule has 1 unspecified atom stereocenters. The Morgan fingerprint density at radius 1 is 1.50 bits per heavy atom. The summed E-state index contributed by atoms with van der Waals surface area (Å²) in [6, 6.07) is 0. The quantitative estimate of drug-likeness (QED) is 0.570. The van der Waals surface area contributed by atoms with Crippen molar-refractivity contribution in [2.24, 2.45) is 0 Å². The van der Waals surface area contributed by atoms with Crippen LogP contribution in [0.3, 0.4) is 0 Å². The smallest absolute Gasteiger partial charge is 0.0386 e. The van der Waals surface area contributed by atoms with Gasteiger partial charge in [0.2, 0.25) is 0 Å². The van der Waals surface area contributed by atoms with Gasteiger partial charge >= 0.3 is 0 Å². The topological polar surface area (TPSA) is 15.3 Å². The molecule has 2 heterocycles. The molecule has 10 heavy (non-hydrogen) atoms. The molecule has 2 heteroatoms. The average molecular weight is 138 g/mol. The van der Waals surface area contributed by atoms with Gasteiger partial charge in [0.1, 0.15) is 0 Å².